The van der Waals surface area contributed by atoms with Gasteiger partial charge < -0.3 is 4.90 Å². The van der Waals surface area contributed by atoms with Crippen molar-refractivity contribution in [3.05, 3.63) is 41.6 Å². The number of hydrogen-bond acceptors (Lipinski definition) is 2. The van der Waals surface area contributed by atoms with Crippen LogP contribution in [-0.2, 0) is 11.3 Å². The van der Waals surface area contributed by atoms with Crippen LogP contribution in [0.2, 0.25) is 0 Å². The minimum atomic E-state index is 0.529. The van der Waals surface area contributed by atoms with Crippen molar-refractivity contribution < 1.29 is 4.79 Å². The van der Waals surface area contributed by atoms with E-state index < -0.39 is 0 Å². The lowest BCUT2D eigenvalue weighted by Gasteiger charge is -2.42. The first-order valence-corrected chi connectivity index (χ1v) is 5.39. The van der Waals surface area contributed by atoms with Crippen molar-refractivity contribution in [2.24, 2.45) is 0 Å². The first-order valence-electron chi connectivity index (χ1n) is 5.39. The average molecular weight is 201 g/mol. The molecular weight excluding hydrogens is 186 g/mol. The van der Waals surface area contributed by atoms with Gasteiger partial charge in [0.15, 0.2) is 0 Å². The van der Waals surface area contributed by atoms with E-state index in [0.29, 0.717) is 6.04 Å². The maximum absolute atomic E-state index is 10.6. The predicted octanol–water partition coefficient (Wildman–Crippen LogP) is 2.39. The molecule has 1 aliphatic rings. The number of carbonyl (C=O) groups excluding carboxylic acids is 1. The molecule has 2 rings (SSSR count). The van der Waals surface area contributed by atoms with E-state index in [1.54, 1.807) is 0 Å². The van der Waals surface area contributed by atoms with E-state index in [9.17, 15) is 4.79 Å². The lowest BCUT2D eigenvalue weighted by atomic mass is 9.96. The standard InChI is InChI=1S/C13H15NO/c1-2-12-8-13(10-15)14(12)9-11-6-4-3-5-7-11/h3-7,12H,2,8-9H2,1H3. The second-order valence-electron chi connectivity index (χ2n) is 3.93. The fraction of sp³-hybridized carbons (Fsp3) is 0.385. The summed E-state index contributed by atoms with van der Waals surface area (Å²) in [7, 11) is 0. The third kappa shape index (κ3) is 1.95. The Morgan fingerprint density at radius 1 is 1.40 bits per heavy atom. The Labute approximate surface area is 90.2 Å². The first kappa shape index (κ1) is 10.0. The van der Waals surface area contributed by atoms with Crippen LogP contribution in [0.5, 0.6) is 0 Å². The van der Waals surface area contributed by atoms with Gasteiger partial charge in [0.05, 0.1) is 0 Å². The first-order chi connectivity index (χ1) is 7.35. The van der Waals surface area contributed by atoms with Gasteiger partial charge in [0.25, 0.3) is 0 Å². The molecular formula is C13H15NO. The lowest BCUT2D eigenvalue weighted by Crippen LogP contribution is -2.44. The predicted molar refractivity (Wildman–Crippen MR) is 59.9 cm³/mol. The Kier molecular flexibility index (Phi) is 2.89. The minimum Gasteiger partial charge on any atom is -0.358 e. The van der Waals surface area contributed by atoms with Crippen LogP contribution < -0.4 is 0 Å². The molecule has 0 aromatic heterocycles. The van der Waals surface area contributed by atoms with Crippen molar-refractivity contribution in [1.82, 2.24) is 4.90 Å². The van der Waals surface area contributed by atoms with Crippen LogP contribution in [0.15, 0.2) is 36.0 Å². The van der Waals surface area contributed by atoms with Crippen LogP contribution >= 0.6 is 0 Å². The molecule has 0 radical (unpaired) electrons. The summed E-state index contributed by atoms with van der Waals surface area (Å²) < 4.78 is 0. The molecule has 78 valence electrons. The zero-order valence-corrected chi connectivity index (χ0v) is 8.94. The Hall–Kier alpha value is -1.53. The van der Waals surface area contributed by atoms with Gasteiger partial charge in [-0.2, -0.15) is 0 Å². The van der Waals surface area contributed by atoms with E-state index >= 15 is 0 Å². The fourth-order valence-electron chi connectivity index (χ4n) is 2.03. The van der Waals surface area contributed by atoms with Crippen LogP contribution in [0.25, 0.3) is 0 Å². The molecule has 0 saturated carbocycles. The van der Waals surface area contributed by atoms with Crippen LogP contribution in [0.3, 0.4) is 0 Å². The molecule has 1 heterocycles. The van der Waals surface area contributed by atoms with Crippen molar-refractivity contribution in [3.8, 4) is 0 Å². The average Bonchev–Trinajstić information content (AvgIpc) is 2.27. The van der Waals surface area contributed by atoms with Crippen molar-refractivity contribution in [2.45, 2.75) is 32.4 Å². The van der Waals surface area contributed by atoms with E-state index in [-0.39, 0.29) is 0 Å². The second-order valence-corrected chi connectivity index (χ2v) is 3.93. The van der Waals surface area contributed by atoms with Crippen LogP contribution in [0.1, 0.15) is 25.3 Å². The molecule has 0 bridgehead atoms. The molecule has 15 heavy (non-hydrogen) atoms. The summed E-state index contributed by atoms with van der Waals surface area (Å²) in [4.78, 5) is 12.8. The molecule has 1 saturated heterocycles. The molecule has 2 heteroatoms. The maximum Gasteiger partial charge on any atom is 0.145 e. The SMILES string of the molecule is CCC1CC(=C=O)N1Cc1ccccc1. The summed E-state index contributed by atoms with van der Waals surface area (Å²) >= 11 is 0. The van der Waals surface area contributed by atoms with Gasteiger partial charge in [0, 0.05) is 19.0 Å². The van der Waals surface area contributed by atoms with E-state index in [0.717, 1.165) is 25.1 Å². The highest BCUT2D eigenvalue weighted by molar-refractivity contribution is 5.54. The van der Waals surface area contributed by atoms with Gasteiger partial charge in [-0.25, -0.2) is 4.79 Å². The molecule has 0 spiro atoms. The zero-order valence-electron chi connectivity index (χ0n) is 8.94. The minimum absolute atomic E-state index is 0.529. The molecule has 0 aliphatic carbocycles. The number of benzene rings is 1. The Balaban J connectivity index is 2.08. The summed E-state index contributed by atoms with van der Waals surface area (Å²) in [5.41, 5.74) is 2.08. The molecule has 2 nitrogen and oxygen atoms in total. The third-order valence-electron chi connectivity index (χ3n) is 3.00. The highest BCUT2D eigenvalue weighted by atomic mass is 16.1. The summed E-state index contributed by atoms with van der Waals surface area (Å²) in [6.45, 7) is 2.99. The molecule has 1 unspecified atom stereocenters. The molecule has 1 fully saturated rings. The van der Waals surface area contributed by atoms with Crippen LogP contribution in [-0.4, -0.2) is 16.9 Å². The van der Waals surface area contributed by atoms with Gasteiger partial charge in [-0.1, -0.05) is 37.3 Å². The van der Waals surface area contributed by atoms with Gasteiger partial charge in [0.1, 0.15) is 11.6 Å². The molecule has 1 atom stereocenters. The highest BCUT2D eigenvalue weighted by Gasteiger charge is 2.31. The topological polar surface area (TPSA) is 20.3 Å². The Morgan fingerprint density at radius 3 is 2.73 bits per heavy atom. The lowest BCUT2D eigenvalue weighted by molar-refractivity contribution is 0.147. The normalized spacial score (nSPS) is 19.7. The Morgan fingerprint density at radius 2 is 2.13 bits per heavy atom. The summed E-state index contributed by atoms with van der Waals surface area (Å²) in [6.07, 6.45) is 1.99. The molecule has 1 aliphatic heterocycles. The van der Waals surface area contributed by atoms with E-state index in [1.165, 1.54) is 5.56 Å². The smallest absolute Gasteiger partial charge is 0.145 e. The largest absolute Gasteiger partial charge is 0.358 e. The monoisotopic (exact) mass is 201 g/mol. The van der Waals surface area contributed by atoms with Crippen LogP contribution in [0, 0.1) is 0 Å². The summed E-state index contributed by atoms with van der Waals surface area (Å²) in [5, 5.41) is 0. The summed E-state index contributed by atoms with van der Waals surface area (Å²) in [6, 6.07) is 10.8. The Bertz CT molecular complexity index is 379. The van der Waals surface area contributed by atoms with Crippen LogP contribution in [0.4, 0.5) is 0 Å². The quantitative estimate of drug-likeness (QED) is 0.700. The van der Waals surface area contributed by atoms with Gasteiger partial charge in [-0.05, 0) is 12.0 Å². The molecule has 1 aromatic carbocycles. The number of likely N-dealkylation sites (tertiary alicyclic amines) is 1. The van der Waals surface area contributed by atoms with E-state index in [2.05, 4.69) is 24.0 Å². The van der Waals surface area contributed by atoms with Gasteiger partial charge in [-0.3, -0.25) is 0 Å². The third-order valence-corrected chi connectivity index (χ3v) is 3.00. The van der Waals surface area contributed by atoms with Gasteiger partial charge in [0.2, 0.25) is 0 Å². The van der Waals surface area contributed by atoms with E-state index in [4.69, 9.17) is 0 Å². The van der Waals surface area contributed by atoms with Crippen molar-refractivity contribution in [2.75, 3.05) is 0 Å². The second kappa shape index (κ2) is 4.33. The molecule has 1 aromatic rings. The van der Waals surface area contributed by atoms with Gasteiger partial charge >= 0.3 is 0 Å². The fourth-order valence-corrected chi connectivity index (χ4v) is 2.03. The number of rotatable bonds is 3. The number of nitrogens with zero attached hydrogens (tertiary/aromatic N) is 1. The molecule has 0 N–H and O–H groups in total. The van der Waals surface area contributed by atoms with Crippen molar-refractivity contribution in [1.29, 1.82) is 0 Å². The zero-order chi connectivity index (χ0) is 10.7. The highest BCUT2D eigenvalue weighted by Crippen LogP contribution is 2.31. The number of hydrogen-bond donors (Lipinski definition) is 0. The van der Waals surface area contributed by atoms with E-state index in [1.807, 2.05) is 24.1 Å². The maximum atomic E-state index is 10.6. The van der Waals surface area contributed by atoms with Crippen molar-refractivity contribution >= 4 is 5.94 Å². The summed E-state index contributed by atoms with van der Waals surface area (Å²) in [5.74, 6) is 2.03. The van der Waals surface area contributed by atoms with Gasteiger partial charge in [-0.15, -0.1) is 0 Å². The molecule has 0 amide bonds. The van der Waals surface area contributed by atoms with Crippen molar-refractivity contribution in [3.63, 3.8) is 0 Å².